The van der Waals surface area contributed by atoms with Gasteiger partial charge >= 0.3 is 0 Å². The number of likely N-dealkylation sites (tertiary alicyclic amines) is 1. The Labute approximate surface area is 134 Å². The summed E-state index contributed by atoms with van der Waals surface area (Å²) in [4.78, 5) is 15.3. The molecule has 1 atom stereocenters. The second-order valence-electron chi connectivity index (χ2n) is 7.26. The Morgan fingerprint density at radius 3 is 2.55 bits per heavy atom. The first-order valence-corrected chi connectivity index (χ1v) is 8.66. The second kappa shape index (κ2) is 6.04. The number of carbonyl (C=O) groups excluding carboxylic acids is 1. The van der Waals surface area contributed by atoms with E-state index in [2.05, 4.69) is 43.1 Å². The summed E-state index contributed by atoms with van der Waals surface area (Å²) in [6.07, 6.45) is 6.07. The average Bonchev–Trinajstić information content (AvgIpc) is 3.24. The maximum atomic E-state index is 12.9. The van der Waals surface area contributed by atoms with Gasteiger partial charge in [0.15, 0.2) is 0 Å². The molecule has 0 radical (unpaired) electrons. The van der Waals surface area contributed by atoms with Crippen molar-refractivity contribution in [3.05, 3.63) is 29.3 Å². The quantitative estimate of drug-likeness (QED) is 0.914. The summed E-state index contributed by atoms with van der Waals surface area (Å²) in [5.74, 6) is 0.192. The van der Waals surface area contributed by atoms with Crippen LogP contribution in [0, 0.1) is 19.3 Å². The van der Waals surface area contributed by atoms with E-state index >= 15 is 0 Å². The molecule has 1 spiro atoms. The molecule has 1 saturated heterocycles. The van der Waals surface area contributed by atoms with Crippen LogP contribution < -0.4 is 5.32 Å². The van der Waals surface area contributed by atoms with Crippen molar-refractivity contribution < 1.29 is 4.79 Å². The molecule has 1 aliphatic carbocycles. The van der Waals surface area contributed by atoms with Crippen molar-refractivity contribution in [3.63, 3.8) is 0 Å². The van der Waals surface area contributed by atoms with Crippen LogP contribution in [-0.2, 0) is 4.79 Å². The third kappa shape index (κ3) is 3.05. The van der Waals surface area contributed by atoms with E-state index in [-0.39, 0.29) is 11.9 Å². The standard InChI is InChI=1S/C19H28N2O/c1-4-11-21-12-10-19(8-9-19)13-16(21)18(22)20-17-14(2)6-5-7-15(17)3/h5-7,16H,4,8-13H2,1-3H3,(H,20,22). The summed E-state index contributed by atoms with van der Waals surface area (Å²) in [5, 5.41) is 3.22. The Morgan fingerprint density at radius 2 is 1.95 bits per heavy atom. The number of hydrogen-bond acceptors (Lipinski definition) is 2. The molecule has 1 unspecified atom stereocenters. The van der Waals surface area contributed by atoms with E-state index in [1.165, 1.54) is 19.3 Å². The normalized spacial score (nSPS) is 23.5. The zero-order chi connectivity index (χ0) is 15.7. The van der Waals surface area contributed by atoms with Crippen LogP contribution in [0.4, 0.5) is 5.69 Å². The molecule has 3 nitrogen and oxygen atoms in total. The number of nitrogens with zero attached hydrogens (tertiary/aromatic N) is 1. The predicted octanol–water partition coefficient (Wildman–Crippen LogP) is 3.90. The van der Waals surface area contributed by atoms with Gasteiger partial charge in [-0.2, -0.15) is 0 Å². The highest BCUT2D eigenvalue weighted by Gasteiger charge is 2.49. The number of benzene rings is 1. The summed E-state index contributed by atoms with van der Waals surface area (Å²) < 4.78 is 0. The Kier molecular flexibility index (Phi) is 4.26. The molecule has 1 amide bonds. The molecular weight excluding hydrogens is 272 g/mol. The second-order valence-corrected chi connectivity index (χ2v) is 7.26. The van der Waals surface area contributed by atoms with Gasteiger partial charge in [-0.05, 0) is 75.6 Å². The van der Waals surface area contributed by atoms with Crippen LogP contribution >= 0.6 is 0 Å². The Balaban J connectivity index is 1.76. The van der Waals surface area contributed by atoms with Gasteiger partial charge in [0.2, 0.25) is 5.91 Å². The molecule has 3 heteroatoms. The first-order chi connectivity index (χ1) is 10.5. The maximum absolute atomic E-state index is 12.9. The van der Waals surface area contributed by atoms with Gasteiger partial charge in [0, 0.05) is 5.69 Å². The van der Waals surface area contributed by atoms with E-state index in [0.29, 0.717) is 5.41 Å². The fourth-order valence-corrected chi connectivity index (χ4v) is 3.84. The molecule has 0 bridgehead atoms. The third-order valence-electron chi connectivity index (χ3n) is 5.50. The number of anilines is 1. The number of para-hydroxylation sites is 1. The van der Waals surface area contributed by atoms with Crippen LogP contribution in [0.15, 0.2) is 18.2 Å². The van der Waals surface area contributed by atoms with Gasteiger partial charge in [-0.3, -0.25) is 9.69 Å². The SMILES string of the molecule is CCCN1CCC2(CC2)CC1C(=O)Nc1c(C)cccc1C. The van der Waals surface area contributed by atoms with E-state index in [4.69, 9.17) is 0 Å². The van der Waals surface area contributed by atoms with Crippen molar-refractivity contribution in [2.24, 2.45) is 5.41 Å². The van der Waals surface area contributed by atoms with E-state index in [0.717, 1.165) is 42.7 Å². The van der Waals surface area contributed by atoms with Crippen LogP contribution in [0.5, 0.6) is 0 Å². The number of aryl methyl sites for hydroxylation is 2. The van der Waals surface area contributed by atoms with Crippen LogP contribution in [0.25, 0.3) is 0 Å². The molecule has 3 rings (SSSR count). The fourth-order valence-electron chi connectivity index (χ4n) is 3.84. The molecule has 0 aromatic heterocycles. The summed E-state index contributed by atoms with van der Waals surface area (Å²) in [7, 11) is 0. The average molecular weight is 300 g/mol. The highest BCUT2D eigenvalue weighted by Crippen LogP contribution is 2.55. The first kappa shape index (κ1) is 15.5. The first-order valence-electron chi connectivity index (χ1n) is 8.66. The number of piperidine rings is 1. The monoisotopic (exact) mass is 300 g/mol. The van der Waals surface area contributed by atoms with Crippen LogP contribution in [-0.4, -0.2) is 29.9 Å². The molecular formula is C19H28N2O. The Hall–Kier alpha value is -1.35. The molecule has 1 saturated carbocycles. The largest absolute Gasteiger partial charge is 0.324 e. The van der Waals surface area contributed by atoms with E-state index in [9.17, 15) is 4.79 Å². The van der Waals surface area contributed by atoms with Gasteiger partial charge in [0.1, 0.15) is 0 Å². The predicted molar refractivity (Wildman–Crippen MR) is 91.1 cm³/mol. The summed E-state index contributed by atoms with van der Waals surface area (Å²) in [6, 6.07) is 6.23. The van der Waals surface area contributed by atoms with E-state index in [1.54, 1.807) is 0 Å². The smallest absolute Gasteiger partial charge is 0.241 e. The Bertz CT molecular complexity index is 542. The van der Waals surface area contributed by atoms with E-state index in [1.807, 2.05) is 6.07 Å². The van der Waals surface area contributed by atoms with Gasteiger partial charge in [0.25, 0.3) is 0 Å². The summed E-state index contributed by atoms with van der Waals surface area (Å²) in [6.45, 7) is 8.44. The maximum Gasteiger partial charge on any atom is 0.241 e. The molecule has 1 aromatic rings. The van der Waals surface area contributed by atoms with Crippen LogP contribution in [0.2, 0.25) is 0 Å². The van der Waals surface area contributed by atoms with Crippen molar-refractivity contribution >= 4 is 11.6 Å². The van der Waals surface area contributed by atoms with E-state index < -0.39 is 0 Å². The van der Waals surface area contributed by atoms with Gasteiger partial charge in [-0.15, -0.1) is 0 Å². The zero-order valence-corrected chi connectivity index (χ0v) is 14.1. The number of amides is 1. The van der Waals surface area contributed by atoms with Gasteiger partial charge in [-0.25, -0.2) is 0 Å². The third-order valence-corrected chi connectivity index (χ3v) is 5.50. The van der Waals surface area contributed by atoms with Crippen LogP contribution in [0.3, 0.4) is 0 Å². The molecule has 1 aromatic carbocycles. The van der Waals surface area contributed by atoms with Crippen molar-refractivity contribution in [2.75, 3.05) is 18.4 Å². The number of hydrogen-bond donors (Lipinski definition) is 1. The Morgan fingerprint density at radius 1 is 1.27 bits per heavy atom. The molecule has 120 valence electrons. The van der Waals surface area contributed by atoms with Gasteiger partial charge < -0.3 is 5.32 Å². The zero-order valence-electron chi connectivity index (χ0n) is 14.1. The minimum absolute atomic E-state index is 0.0511. The summed E-state index contributed by atoms with van der Waals surface area (Å²) in [5.41, 5.74) is 3.78. The van der Waals surface area contributed by atoms with Gasteiger partial charge in [-0.1, -0.05) is 25.1 Å². The lowest BCUT2D eigenvalue weighted by molar-refractivity contribution is -0.123. The lowest BCUT2D eigenvalue weighted by atomic mass is 9.87. The lowest BCUT2D eigenvalue weighted by Gasteiger charge is -2.39. The topological polar surface area (TPSA) is 32.3 Å². The highest BCUT2D eigenvalue weighted by atomic mass is 16.2. The van der Waals surface area contributed by atoms with Crippen LogP contribution in [0.1, 0.15) is 50.2 Å². The highest BCUT2D eigenvalue weighted by molar-refractivity contribution is 5.96. The molecule has 1 heterocycles. The number of rotatable bonds is 4. The molecule has 2 fully saturated rings. The van der Waals surface area contributed by atoms with Crippen molar-refractivity contribution in [1.29, 1.82) is 0 Å². The molecule has 22 heavy (non-hydrogen) atoms. The van der Waals surface area contributed by atoms with Crippen molar-refractivity contribution in [1.82, 2.24) is 4.90 Å². The molecule has 1 N–H and O–H groups in total. The minimum Gasteiger partial charge on any atom is -0.324 e. The van der Waals surface area contributed by atoms with Crippen molar-refractivity contribution in [3.8, 4) is 0 Å². The number of nitrogens with one attached hydrogen (secondary N) is 1. The van der Waals surface area contributed by atoms with Gasteiger partial charge in [0.05, 0.1) is 6.04 Å². The summed E-state index contributed by atoms with van der Waals surface area (Å²) >= 11 is 0. The van der Waals surface area contributed by atoms with Crippen molar-refractivity contribution in [2.45, 2.75) is 58.9 Å². The molecule has 1 aliphatic heterocycles. The fraction of sp³-hybridized carbons (Fsp3) is 0.632. The molecule has 2 aliphatic rings. The number of carbonyl (C=O) groups is 1. The minimum atomic E-state index is 0.0511. The lowest BCUT2D eigenvalue weighted by Crippen LogP contribution is -2.50.